The Balaban J connectivity index is 1.44. The Kier molecular flexibility index (Phi) is 4.39. The number of aliphatic hydroxyl groups is 1. The van der Waals surface area contributed by atoms with E-state index in [0.29, 0.717) is 25.4 Å². The number of likely N-dealkylation sites (tertiary alicyclic amines) is 1. The number of H-pyrrole nitrogens is 1. The molecule has 1 saturated carbocycles. The van der Waals surface area contributed by atoms with Crippen LogP contribution in [0.25, 0.3) is 11.0 Å². The summed E-state index contributed by atoms with van der Waals surface area (Å²) in [6.07, 6.45) is 4.04. The van der Waals surface area contributed by atoms with Crippen molar-refractivity contribution in [1.82, 2.24) is 14.5 Å². The topological polar surface area (TPSA) is 78.3 Å². The van der Waals surface area contributed by atoms with Crippen molar-refractivity contribution in [3.8, 4) is 0 Å². The SMILES string of the molecule is CC[C@]1(O)CCC[C@H]2CN(C(=O)CCn3c(=O)[nH]c4ccccc43)C[C@H]21. The molecule has 1 aliphatic heterocycles. The fraction of sp³-hybridized carbons (Fsp3) is 0.600. The van der Waals surface area contributed by atoms with Crippen LogP contribution in [0.4, 0.5) is 0 Å². The zero-order chi connectivity index (χ0) is 18.3. The normalized spacial score (nSPS) is 28.5. The van der Waals surface area contributed by atoms with Gasteiger partial charge in [-0.05, 0) is 37.3 Å². The predicted octanol–water partition coefficient (Wildman–Crippen LogP) is 2.12. The number of amides is 1. The van der Waals surface area contributed by atoms with Crippen molar-refractivity contribution in [2.75, 3.05) is 13.1 Å². The van der Waals surface area contributed by atoms with Crippen LogP contribution in [-0.2, 0) is 11.3 Å². The van der Waals surface area contributed by atoms with E-state index in [9.17, 15) is 14.7 Å². The van der Waals surface area contributed by atoms with Crippen LogP contribution in [0.3, 0.4) is 0 Å². The minimum Gasteiger partial charge on any atom is -0.390 e. The Morgan fingerprint density at radius 2 is 2.15 bits per heavy atom. The van der Waals surface area contributed by atoms with E-state index in [0.717, 1.165) is 43.3 Å². The van der Waals surface area contributed by atoms with E-state index in [-0.39, 0.29) is 17.5 Å². The lowest BCUT2D eigenvalue weighted by Gasteiger charge is -2.40. The van der Waals surface area contributed by atoms with Crippen molar-refractivity contribution in [3.63, 3.8) is 0 Å². The number of fused-ring (bicyclic) bond motifs is 2. The molecule has 2 N–H and O–H groups in total. The fourth-order valence-electron chi connectivity index (χ4n) is 4.97. The number of imidazole rings is 1. The highest BCUT2D eigenvalue weighted by molar-refractivity contribution is 5.78. The number of para-hydroxylation sites is 2. The average Bonchev–Trinajstić information content (AvgIpc) is 3.21. The van der Waals surface area contributed by atoms with Crippen molar-refractivity contribution >= 4 is 16.9 Å². The van der Waals surface area contributed by atoms with Crippen LogP contribution >= 0.6 is 0 Å². The number of carbonyl (C=O) groups is 1. The minimum atomic E-state index is -0.619. The molecular weight excluding hydrogens is 330 g/mol. The summed E-state index contributed by atoms with van der Waals surface area (Å²) in [4.78, 5) is 29.6. The lowest BCUT2D eigenvalue weighted by atomic mass is 9.69. The summed E-state index contributed by atoms with van der Waals surface area (Å²) in [6.45, 7) is 3.81. The Morgan fingerprint density at radius 1 is 1.35 bits per heavy atom. The Bertz CT molecular complexity index is 871. The van der Waals surface area contributed by atoms with Gasteiger partial charge in [0.15, 0.2) is 0 Å². The first-order valence-electron chi connectivity index (χ1n) is 9.69. The van der Waals surface area contributed by atoms with Crippen LogP contribution in [0.2, 0.25) is 0 Å². The summed E-state index contributed by atoms with van der Waals surface area (Å²) >= 11 is 0. The first kappa shape index (κ1) is 17.3. The lowest BCUT2D eigenvalue weighted by Crippen LogP contribution is -2.44. The van der Waals surface area contributed by atoms with Gasteiger partial charge in [-0.15, -0.1) is 0 Å². The number of carbonyl (C=O) groups excluding carboxylic acids is 1. The second-order valence-corrected chi connectivity index (χ2v) is 7.86. The van der Waals surface area contributed by atoms with Crippen LogP contribution in [0.1, 0.15) is 39.0 Å². The van der Waals surface area contributed by atoms with Crippen molar-refractivity contribution in [2.24, 2.45) is 11.8 Å². The molecule has 6 nitrogen and oxygen atoms in total. The summed E-state index contributed by atoms with van der Waals surface area (Å²) in [5.74, 6) is 0.685. The maximum Gasteiger partial charge on any atom is 0.326 e. The number of benzene rings is 1. The first-order valence-corrected chi connectivity index (χ1v) is 9.69. The highest BCUT2D eigenvalue weighted by atomic mass is 16.3. The molecule has 2 fully saturated rings. The highest BCUT2D eigenvalue weighted by Gasteiger charge is 2.48. The van der Waals surface area contributed by atoms with Crippen LogP contribution in [0, 0.1) is 11.8 Å². The van der Waals surface area contributed by atoms with E-state index in [2.05, 4.69) is 4.98 Å². The van der Waals surface area contributed by atoms with E-state index in [4.69, 9.17) is 0 Å². The predicted molar refractivity (Wildman–Crippen MR) is 99.8 cm³/mol. The summed E-state index contributed by atoms with van der Waals surface area (Å²) < 4.78 is 1.64. The van der Waals surface area contributed by atoms with Gasteiger partial charge in [0.25, 0.3) is 0 Å². The minimum absolute atomic E-state index is 0.0787. The molecule has 26 heavy (non-hydrogen) atoms. The molecule has 0 spiro atoms. The molecule has 2 aliphatic rings. The number of aromatic amines is 1. The summed E-state index contributed by atoms with van der Waals surface area (Å²) in [5.41, 5.74) is 0.839. The standard InChI is InChI=1S/C20H27N3O3/c1-2-20(26)10-5-6-14-12-22(13-15(14)20)18(24)9-11-23-17-8-4-3-7-16(17)21-19(23)25/h3-4,7-8,14-15,26H,2,5-6,9-13H2,1H3,(H,21,25)/t14-,15+,20-/m0/s1. The quantitative estimate of drug-likeness (QED) is 0.880. The van der Waals surface area contributed by atoms with Crippen molar-refractivity contribution in [2.45, 2.75) is 51.2 Å². The molecule has 0 radical (unpaired) electrons. The van der Waals surface area contributed by atoms with Gasteiger partial charge in [0.1, 0.15) is 0 Å². The molecule has 4 rings (SSSR count). The second-order valence-electron chi connectivity index (χ2n) is 7.86. The van der Waals surface area contributed by atoms with Gasteiger partial charge in [0.2, 0.25) is 5.91 Å². The molecule has 140 valence electrons. The Hall–Kier alpha value is -2.08. The molecule has 0 bridgehead atoms. The molecule has 0 unspecified atom stereocenters. The van der Waals surface area contributed by atoms with Crippen LogP contribution in [-0.4, -0.2) is 44.2 Å². The molecular formula is C20H27N3O3. The van der Waals surface area contributed by atoms with Gasteiger partial charge in [-0.25, -0.2) is 4.79 Å². The number of hydrogen-bond donors (Lipinski definition) is 2. The summed E-state index contributed by atoms with van der Waals surface area (Å²) in [6, 6.07) is 7.54. The van der Waals surface area contributed by atoms with Gasteiger partial charge < -0.3 is 15.0 Å². The van der Waals surface area contributed by atoms with Gasteiger partial charge in [0, 0.05) is 32.0 Å². The van der Waals surface area contributed by atoms with Gasteiger partial charge in [-0.3, -0.25) is 9.36 Å². The summed E-state index contributed by atoms with van der Waals surface area (Å²) in [7, 11) is 0. The fourth-order valence-corrected chi connectivity index (χ4v) is 4.97. The molecule has 1 aromatic carbocycles. The first-order chi connectivity index (χ1) is 12.5. The number of nitrogens with one attached hydrogen (secondary N) is 1. The average molecular weight is 357 g/mol. The molecule has 1 aromatic heterocycles. The molecule has 1 saturated heterocycles. The van der Waals surface area contributed by atoms with E-state index in [1.807, 2.05) is 36.1 Å². The van der Waals surface area contributed by atoms with Crippen LogP contribution < -0.4 is 5.69 Å². The number of nitrogens with zero attached hydrogens (tertiary/aromatic N) is 2. The van der Waals surface area contributed by atoms with Gasteiger partial charge in [-0.1, -0.05) is 25.5 Å². The van der Waals surface area contributed by atoms with Crippen LogP contribution in [0.5, 0.6) is 0 Å². The number of aromatic nitrogens is 2. The van der Waals surface area contributed by atoms with E-state index in [1.54, 1.807) is 4.57 Å². The van der Waals surface area contributed by atoms with Crippen molar-refractivity contribution in [1.29, 1.82) is 0 Å². The third kappa shape index (κ3) is 2.86. The Labute approximate surface area is 152 Å². The maximum absolute atomic E-state index is 12.7. The maximum atomic E-state index is 12.7. The smallest absolute Gasteiger partial charge is 0.326 e. The zero-order valence-corrected chi connectivity index (χ0v) is 15.3. The molecule has 2 heterocycles. The number of rotatable bonds is 4. The van der Waals surface area contributed by atoms with E-state index in [1.165, 1.54) is 0 Å². The number of aryl methyl sites for hydroxylation is 1. The van der Waals surface area contributed by atoms with E-state index >= 15 is 0 Å². The molecule has 1 aliphatic carbocycles. The monoisotopic (exact) mass is 357 g/mol. The largest absolute Gasteiger partial charge is 0.390 e. The van der Waals surface area contributed by atoms with Crippen molar-refractivity contribution < 1.29 is 9.90 Å². The number of hydrogen-bond acceptors (Lipinski definition) is 3. The molecule has 3 atom stereocenters. The third-order valence-corrected chi connectivity index (χ3v) is 6.51. The van der Waals surface area contributed by atoms with Crippen LogP contribution in [0.15, 0.2) is 29.1 Å². The second kappa shape index (κ2) is 6.58. The van der Waals surface area contributed by atoms with Gasteiger partial charge >= 0.3 is 5.69 Å². The third-order valence-electron chi connectivity index (χ3n) is 6.51. The molecule has 6 heteroatoms. The van der Waals surface area contributed by atoms with Crippen molar-refractivity contribution in [3.05, 3.63) is 34.7 Å². The highest BCUT2D eigenvalue weighted by Crippen LogP contribution is 2.44. The Morgan fingerprint density at radius 3 is 2.96 bits per heavy atom. The van der Waals surface area contributed by atoms with Gasteiger partial charge in [0.05, 0.1) is 16.6 Å². The lowest BCUT2D eigenvalue weighted by molar-refractivity contribution is -0.131. The van der Waals surface area contributed by atoms with E-state index < -0.39 is 5.60 Å². The molecule has 2 aromatic rings. The van der Waals surface area contributed by atoms with Gasteiger partial charge in [-0.2, -0.15) is 0 Å². The molecule has 1 amide bonds. The summed E-state index contributed by atoms with van der Waals surface area (Å²) in [5, 5.41) is 10.9. The zero-order valence-electron chi connectivity index (χ0n) is 15.3.